The minimum Gasteiger partial charge on any atom is -0.505 e. The molecule has 3 rings (SSSR count). The number of nitrogens with one attached hydrogen (secondary N) is 1. The number of para-hydroxylation sites is 1. The van der Waals surface area contributed by atoms with Crippen molar-refractivity contribution < 1.29 is 9.50 Å². The molecule has 2 aliphatic rings. The lowest BCUT2D eigenvalue weighted by Crippen LogP contribution is -2.47. The van der Waals surface area contributed by atoms with Crippen LogP contribution >= 0.6 is 12.4 Å². The number of hydrogen-bond acceptors (Lipinski definition) is 3. The third kappa shape index (κ3) is 3.73. The van der Waals surface area contributed by atoms with Crippen molar-refractivity contribution >= 4 is 12.4 Å². The molecule has 1 aromatic carbocycles. The summed E-state index contributed by atoms with van der Waals surface area (Å²) in [7, 11) is 0. The Morgan fingerprint density at radius 2 is 1.82 bits per heavy atom. The van der Waals surface area contributed by atoms with Gasteiger partial charge in [0, 0.05) is 37.8 Å². The van der Waals surface area contributed by atoms with Crippen LogP contribution in [0, 0.1) is 11.7 Å². The zero-order valence-electron chi connectivity index (χ0n) is 12.9. The topological polar surface area (TPSA) is 35.5 Å². The molecule has 2 N–H and O–H groups in total. The maximum absolute atomic E-state index is 13.8. The molecule has 1 aliphatic carbocycles. The minimum absolute atomic E-state index is 0. The van der Waals surface area contributed by atoms with E-state index < -0.39 is 5.82 Å². The minimum atomic E-state index is -0.497. The molecule has 5 heteroatoms. The van der Waals surface area contributed by atoms with Crippen molar-refractivity contribution in [3.05, 3.63) is 29.6 Å². The van der Waals surface area contributed by atoms with Crippen LogP contribution in [0.1, 0.15) is 43.7 Å². The van der Waals surface area contributed by atoms with Crippen LogP contribution in [0.5, 0.6) is 5.75 Å². The second-order valence-electron chi connectivity index (χ2n) is 6.31. The van der Waals surface area contributed by atoms with Crippen molar-refractivity contribution in [2.24, 2.45) is 5.92 Å². The van der Waals surface area contributed by atoms with Crippen molar-refractivity contribution in [3.8, 4) is 5.75 Å². The molecular weight excluding hydrogens is 303 g/mol. The van der Waals surface area contributed by atoms with Crippen molar-refractivity contribution in [3.63, 3.8) is 0 Å². The zero-order valence-corrected chi connectivity index (χ0v) is 13.7. The highest BCUT2D eigenvalue weighted by Crippen LogP contribution is 2.42. The van der Waals surface area contributed by atoms with E-state index in [1.165, 1.54) is 38.2 Å². The fourth-order valence-corrected chi connectivity index (χ4v) is 3.93. The number of benzene rings is 1. The van der Waals surface area contributed by atoms with Gasteiger partial charge in [-0.15, -0.1) is 12.4 Å². The molecule has 1 saturated carbocycles. The van der Waals surface area contributed by atoms with Crippen molar-refractivity contribution in [1.82, 2.24) is 10.2 Å². The smallest absolute Gasteiger partial charge is 0.165 e. The Morgan fingerprint density at radius 3 is 2.50 bits per heavy atom. The van der Waals surface area contributed by atoms with Gasteiger partial charge in [-0.3, -0.25) is 4.90 Å². The van der Waals surface area contributed by atoms with Gasteiger partial charge in [0.15, 0.2) is 11.6 Å². The summed E-state index contributed by atoms with van der Waals surface area (Å²) >= 11 is 0. The van der Waals surface area contributed by atoms with E-state index in [0.717, 1.165) is 31.7 Å². The van der Waals surface area contributed by atoms with E-state index in [0.29, 0.717) is 5.92 Å². The maximum Gasteiger partial charge on any atom is 0.165 e. The van der Waals surface area contributed by atoms with Crippen LogP contribution in [-0.2, 0) is 0 Å². The monoisotopic (exact) mass is 328 g/mol. The largest absolute Gasteiger partial charge is 0.505 e. The van der Waals surface area contributed by atoms with E-state index >= 15 is 0 Å². The van der Waals surface area contributed by atoms with Crippen LogP contribution in [0.25, 0.3) is 0 Å². The van der Waals surface area contributed by atoms with Gasteiger partial charge in [-0.05, 0) is 24.8 Å². The third-order valence-corrected chi connectivity index (χ3v) is 4.98. The highest BCUT2D eigenvalue weighted by molar-refractivity contribution is 5.85. The average Bonchev–Trinajstić information content (AvgIpc) is 2.54. The second-order valence-corrected chi connectivity index (χ2v) is 6.31. The Morgan fingerprint density at radius 1 is 1.14 bits per heavy atom. The summed E-state index contributed by atoms with van der Waals surface area (Å²) in [5, 5.41) is 13.6. The zero-order chi connectivity index (χ0) is 14.7. The van der Waals surface area contributed by atoms with Gasteiger partial charge >= 0.3 is 0 Å². The molecule has 0 unspecified atom stereocenters. The molecule has 0 radical (unpaired) electrons. The molecule has 22 heavy (non-hydrogen) atoms. The number of hydrogen-bond donors (Lipinski definition) is 2. The molecule has 1 aromatic rings. The summed E-state index contributed by atoms with van der Waals surface area (Å²) in [5.74, 6) is -0.111. The molecule has 2 fully saturated rings. The number of aromatic hydroxyl groups is 1. The maximum atomic E-state index is 13.8. The van der Waals surface area contributed by atoms with Crippen LogP contribution in [0.15, 0.2) is 18.2 Å². The highest BCUT2D eigenvalue weighted by Gasteiger charge is 2.33. The van der Waals surface area contributed by atoms with E-state index in [1.807, 2.05) is 6.07 Å². The fourth-order valence-electron chi connectivity index (χ4n) is 3.93. The van der Waals surface area contributed by atoms with Crippen LogP contribution in [-0.4, -0.2) is 36.2 Å². The van der Waals surface area contributed by atoms with Gasteiger partial charge in [0.05, 0.1) is 0 Å². The fraction of sp³-hybridized carbons (Fsp3) is 0.647. The lowest BCUT2D eigenvalue weighted by Gasteiger charge is -2.41. The van der Waals surface area contributed by atoms with Gasteiger partial charge in [-0.1, -0.05) is 31.4 Å². The van der Waals surface area contributed by atoms with E-state index in [1.54, 1.807) is 6.07 Å². The van der Waals surface area contributed by atoms with Crippen LogP contribution in [0.4, 0.5) is 4.39 Å². The molecule has 0 amide bonds. The van der Waals surface area contributed by atoms with Crippen molar-refractivity contribution in [2.45, 2.75) is 38.1 Å². The van der Waals surface area contributed by atoms with Gasteiger partial charge in [0.1, 0.15) is 0 Å². The first kappa shape index (κ1) is 17.5. The number of nitrogens with zero attached hydrogens (tertiary/aromatic N) is 1. The van der Waals surface area contributed by atoms with Crippen LogP contribution in [0.3, 0.4) is 0 Å². The molecule has 0 bridgehead atoms. The van der Waals surface area contributed by atoms with E-state index in [9.17, 15) is 9.50 Å². The van der Waals surface area contributed by atoms with Crippen LogP contribution < -0.4 is 5.32 Å². The van der Waals surface area contributed by atoms with Gasteiger partial charge < -0.3 is 10.4 Å². The first-order valence-corrected chi connectivity index (χ1v) is 8.19. The summed E-state index contributed by atoms with van der Waals surface area (Å²) < 4.78 is 13.8. The predicted molar refractivity (Wildman–Crippen MR) is 89.1 cm³/mol. The first-order chi connectivity index (χ1) is 10.3. The van der Waals surface area contributed by atoms with Crippen molar-refractivity contribution in [2.75, 3.05) is 26.2 Å². The normalized spacial score (nSPS) is 22.0. The molecule has 0 spiro atoms. The Kier molecular flexibility index (Phi) is 6.48. The number of phenols is 1. The van der Waals surface area contributed by atoms with Crippen LogP contribution in [0.2, 0.25) is 0 Å². The summed E-state index contributed by atoms with van der Waals surface area (Å²) in [6, 6.07) is 5.12. The lowest BCUT2D eigenvalue weighted by atomic mass is 9.80. The average molecular weight is 329 g/mol. The van der Waals surface area contributed by atoms with E-state index in [4.69, 9.17) is 0 Å². The number of phenolic OH excluding ortho intramolecular Hbond substituents is 1. The van der Waals surface area contributed by atoms with Gasteiger partial charge in [-0.25, -0.2) is 4.39 Å². The SMILES string of the molecule is Cl.Oc1c(F)cccc1[C@@H](C1CCCCC1)N1CCNCC1. The molecule has 0 aromatic heterocycles. The summed E-state index contributed by atoms with van der Waals surface area (Å²) in [6.45, 7) is 3.88. The van der Waals surface area contributed by atoms with Gasteiger partial charge in [0.25, 0.3) is 0 Å². The Balaban J connectivity index is 0.00000176. The summed E-state index contributed by atoms with van der Waals surface area (Å²) in [5.41, 5.74) is 0.781. The molecule has 1 atom stereocenters. The Bertz CT molecular complexity index is 456. The predicted octanol–water partition coefficient (Wildman–Crippen LogP) is 3.48. The quantitative estimate of drug-likeness (QED) is 0.891. The summed E-state index contributed by atoms with van der Waals surface area (Å²) in [6.07, 6.45) is 6.18. The molecule has 1 aliphatic heterocycles. The van der Waals surface area contributed by atoms with E-state index in [-0.39, 0.29) is 24.2 Å². The Hall–Kier alpha value is -0.840. The second kappa shape index (κ2) is 8.14. The van der Waals surface area contributed by atoms with Gasteiger partial charge in [0.2, 0.25) is 0 Å². The van der Waals surface area contributed by atoms with Crippen molar-refractivity contribution in [1.29, 1.82) is 0 Å². The standard InChI is InChI=1S/C17H25FN2O.ClH/c18-15-8-4-7-14(17(15)21)16(13-5-2-1-3-6-13)20-11-9-19-10-12-20;/h4,7-8,13,16,19,21H,1-3,5-6,9-12H2;1H/t16-;/m1./s1. The Labute approximate surface area is 138 Å². The summed E-state index contributed by atoms with van der Waals surface area (Å²) in [4.78, 5) is 2.43. The highest BCUT2D eigenvalue weighted by atomic mass is 35.5. The van der Waals surface area contributed by atoms with Gasteiger partial charge in [-0.2, -0.15) is 0 Å². The number of rotatable bonds is 3. The molecular formula is C17H26ClFN2O. The molecule has 1 saturated heterocycles. The van der Waals surface area contributed by atoms with E-state index in [2.05, 4.69) is 10.2 Å². The first-order valence-electron chi connectivity index (χ1n) is 8.19. The third-order valence-electron chi connectivity index (χ3n) is 4.98. The molecule has 3 nitrogen and oxygen atoms in total. The molecule has 124 valence electrons. The molecule has 1 heterocycles. The number of piperazine rings is 1. The lowest BCUT2D eigenvalue weighted by molar-refractivity contribution is 0.101. The number of halogens is 2.